The quantitative estimate of drug-likeness (QED) is 0.737. The van der Waals surface area contributed by atoms with E-state index < -0.39 is 11.7 Å². The average molecular weight is 420 g/mol. The molecule has 2 aliphatic rings. The zero-order chi connectivity index (χ0) is 20.5. The summed E-state index contributed by atoms with van der Waals surface area (Å²) < 4.78 is 38.3. The Morgan fingerprint density at radius 2 is 1.82 bits per heavy atom. The number of nitrogens with zero attached hydrogens (tertiary/aromatic N) is 3. The molecule has 6 nitrogen and oxygen atoms in total. The third-order valence-corrected chi connectivity index (χ3v) is 5.61. The maximum absolute atomic E-state index is 12.8. The van der Waals surface area contributed by atoms with Gasteiger partial charge in [0.15, 0.2) is 0 Å². The number of piperidine rings is 1. The predicted octanol–water partition coefficient (Wildman–Crippen LogP) is 2.08. The lowest BCUT2D eigenvalue weighted by Gasteiger charge is -2.37. The fourth-order valence-electron chi connectivity index (χ4n) is 3.74. The van der Waals surface area contributed by atoms with Crippen molar-refractivity contribution in [2.75, 3.05) is 44.2 Å². The molecule has 1 aromatic rings. The number of nitrogens with one attached hydrogen (secondary N) is 1. The molecular weight excluding hydrogens is 397 g/mol. The van der Waals surface area contributed by atoms with Crippen LogP contribution < -0.4 is 9.88 Å². The second-order valence-corrected chi connectivity index (χ2v) is 7.61. The van der Waals surface area contributed by atoms with Crippen molar-refractivity contribution < 1.29 is 27.7 Å². The number of alkyl halides is 3. The van der Waals surface area contributed by atoms with Crippen LogP contribution in [0.1, 0.15) is 25.3 Å². The highest BCUT2D eigenvalue weighted by Crippen LogP contribution is 2.32. The summed E-state index contributed by atoms with van der Waals surface area (Å²) in [5.41, 5.74) is -0.831. The average Bonchev–Trinajstić information content (AvgIpc) is 2.67. The Balaban J connectivity index is 1.60. The van der Waals surface area contributed by atoms with Gasteiger partial charge in [0.2, 0.25) is 11.8 Å². The van der Waals surface area contributed by atoms with Gasteiger partial charge in [0, 0.05) is 20.0 Å². The zero-order valence-corrected chi connectivity index (χ0v) is 16.3. The topological polar surface area (TPSA) is 58.0 Å². The maximum atomic E-state index is 12.8. The van der Waals surface area contributed by atoms with E-state index in [1.165, 1.54) is 6.92 Å². The number of rotatable bonds is 2. The molecule has 1 aromatic heterocycles. The fourth-order valence-corrected chi connectivity index (χ4v) is 4.03. The summed E-state index contributed by atoms with van der Waals surface area (Å²) in [7, 11) is 0. The highest BCUT2D eigenvalue weighted by Gasteiger charge is 2.36. The Morgan fingerprint density at radius 3 is 2.39 bits per heavy atom. The van der Waals surface area contributed by atoms with Crippen LogP contribution in [0, 0.1) is 5.92 Å². The van der Waals surface area contributed by atoms with Crippen molar-refractivity contribution in [3.8, 4) is 0 Å². The van der Waals surface area contributed by atoms with Crippen molar-refractivity contribution in [2.45, 2.75) is 25.9 Å². The molecule has 3 heterocycles. The van der Waals surface area contributed by atoms with E-state index in [0.717, 1.165) is 25.1 Å². The minimum Gasteiger partial charge on any atom is -0.342 e. The Kier molecular flexibility index (Phi) is 6.02. The third kappa shape index (κ3) is 4.51. The first-order valence-electron chi connectivity index (χ1n) is 9.24. The summed E-state index contributed by atoms with van der Waals surface area (Å²) in [5.74, 6) is 0.246. The molecule has 0 radical (unpaired) electrons. The van der Waals surface area contributed by atoms with Gasteiger partial charge in [0.1, 0.15) is 24.3 Å². The second-order valence-electron chi connectivity index (χ2n) is 7.20. The van der Waals surface area contributed by atoms with E-state index in [0.29, 0.717) is 45.1 Å². The Labute approximate surface area is 166 Å². The number of hydrogen-bond donors (Lipinski definition) is 0. The first-order chi connectivity index (χ1) is 13.2. The highest BCUT2D eigenvalue weighted by molar-refractivity contribution is 6.32. The van der Waals surface area contributed by atoms with E-state index in [1.807, 2.05) is 4.90 Å². The van der Waals surface area contributed by atoms with Gasteiger partial charge >= 0.3 is 6.18 Å². The fraction of sp³-hybridized carbons (Fsp3) is 0.611. The number of hydrogen-bond acceptors (Lipinski definition) is 3. The van der Waals surface area contributed by atoms with Gasteiger partial charge in [-0.15, -0.1) is 0 Å². The number of aromatic amines is 1. The Bertz CT molecular complexity index is 751. The van der Waals surface area contributed by atoms with Crippen LogP contribution in [0.2, 0.25) is 5.02 Å². The van der Waals surface area contributed by atoms with Crippen molar-refractivity contribution in [3.05, 3.63) is 22.8 Å². The number of H-pyrrole nitrogens is 1. The van der Waals surface area contributed by atoms with Crippen LogP contribution >= 0.6 is 11.6 Å². The van der Waals surface area contributed by atoms with Crippen LogP contribution in [-0.2, 0) is 15.8 Å². The van der Waals surface area contributed by atoms with E-state index >= 15 is 0 Å². The van der Waals surface area contributed by atoms with Gasteiger partial charge in [-0.3, -0.25) is 14.5 Å². The van der Waals surface area contributed by atoms with E-state index in [9.17, 15) is 22.8 Å². The predicted molar refractivity (Wildman–Crippen MR) is 96.8 cm³/mol. The molecule has 2 aliphatic heterocycles. The van der Waals surface area contributed by atoms with Crippen molar-refractivity contribution in [1.82, 2.24) is 9.80 Å². The van der Waals surface area contributed by atoms with Crippen LogP contribution in [-0.4, -0.2) is 60.9 Å². The molecule has 3 rings (SSSR count). The van der Waals surface area contributed by atoms with Crippen molar-refractivity contribution in [3.63, 3.8) is 0 Å². The molecule has 0 saturated carbocycles. The van der Waals surface area contributed by atoms with Gasteiger partial charge in [-0.25, -0.2) is 4.98 Å². The summed E-state index contributed by atoms with van der Waals surface area (Å²) in [6.45, 7) is 4.51. The van der Waals surface area contributed by atoms with Crippen molar-refractivity contribution in [2.24, 2.45) is 5.92 Å². The summed E-state index contributed by atoms with van der Waals surface area (Å²) in [4.78, 5) is 32.3. The van der Waals surface area contributed by atoms with E-state index in [1.54, 1.807) is 9.80 Å². The van der Waals surface area contributed by atoms with Gasteiger partial charge in [-0.2, -0.15) is 13.2 Å². The molecule has 2 fully saturated rings. The Hall–Kier alpha value is -2.03. The van der Waals surface area contributed by atoms with Crippen LogP contribution in [0.3, 0.4) is 0 Å². The number of halogens is 4. The van der Waals surface area contributed by atoms with E-state index in [-0.39, 0.29) is 22.8 Å². The molecule has 0 bridgehead atoms. The van der Waals surface area contributed by atoms with Gasteiger partial charge < -0.3 is 9.80 Å². The molecule has 28 heavy (non-hydrogen) atoms. The van der Waals surface area contributed by atoms with Gasteiger partial charge in [0.05, 0.1) is 24.6 Å². The first kappa shape index (κ1) is 20.7. The minimum atomic E-state index is -4.46. The number of amides is 2. The van der Waals surface area contributed by atoms with Crippen LogP contribution in [0.25, 0.3) is 0 Å². The molecule has 0 aromatic carbocycles. The molecule has 2 amide bonds. The molecule has 0 aliphatic carbocycles. The van der Waals surface area contributed by atoms with Crippen LogP contribution in [0.15, 0.2) is 12.3 Å². The number of pyridine rings is 1. The van der Waals surface area contributed by atoms with Gasteiger partial charge in [0.25, 0.3) is 5.82 Å². The van der Waals surface area contributed by atoms with Crippen molar-refractivity contribution >= 4 is 29.2 Å². The zero-order valence-electron chi connectivity index (χ0n) is 15.6. The highest BCUT2D eigenvalue weighted by atomic mass is 35.5. The summed E-state index contributed by atoms with van der Waals surface area (Å²) in [5, 5.41) is -0.000943. The largest absolute Gasteiger partial charge is 0.419 e. The van der Waals surface area contributed by atoms with E-state index in [4.69, 9.17) is 11.6 Å². The third-order valence-electron chi connectivity index (χ3n) is 5.32. The first-order valence-corrected chi connectivity index (χ1v) is 9.62. The van der Waals surface area contributed by atoms with Gasteiger partial charge in [-0.1, -0.05) is 11.6 Å². The molecule has 1 N–H and O–H groups in total. The number of anilines is 1. The molecular formula is C18H23ClF3N4O2+. The maximum Gasteiger partial charge on any atom is 0.419 e. The molecule has 1 atom stereocenters. The van der Waals surface area contributed by atoms with E-state index in [2.05, 4.69) is 4.98 Å². The summed E-state index contributed by atoms with van der Waals surface area (Å²) >= 11 is 6.04. The van der Waals surface area contributed by atoms with Gasteiger partial charge in [-0.05, 0) is 18.9 Å². The lowest BCUT2D eigenvalue weighted by molar-refractivity contribution is -0.367. The molecule has 10 heteroatoms. The smallest absolute Gasteiger partial charge is 0.342 e. The normalized spacial score (nSPS) is 21.0. The number of piperazine rings is 1. The molecule has 154 valence electrons. The molecule has 0 spiro atoms. The molecule has 0 unspecified atom stereocenters. The minimum absolute atomic E-state index is 0.000943. The summed E-state index contributed by atoms with van der Waals surface area (Å²) in [6, 6.07) is 0.906. The van der Waals surface area contributed by atoms with Crippen LogP contribution in [0.5, 0.6) is 0 Å². The lowest BCUT2D eigenvalue weighted by Crippen LogP contribution is -2.53. The molecule has 2 saturated heterocycles. The SMILES string of the molecule is CC(=O)N1CCC[C@@H](C(=O)N2CCN(c3[nH+]cc(C(F)(F)F)cc3Cl)CC2)C1. The summed E-state index contributed by atoms with van der Waals surface area (Å²) in [6.07, 6.45) is -1.98. The number of aromatic nitrogens is 1. The lowest BCUT2D eigenvalue weighted by atomic mass is 9.96. The second kappa shape index (κ2) is 8.14. The van der Waals surface area contributed by atoms with Crippen LogP contribution in [0.4, 0.5) is 19.0 Å². The number of carbonyl (C=O) groups excluding carboxylic acids is 2. The number of likely N-dealkylation sites (tertiary alicyclic amines) is 1. The monoisotopic (exact) mass is 419 g/mol. The van der Waals surface area contributed by atoms with Crippen molar-refractivity contribution in [1.29, 1.82) is 0 Å². The number of carbonyl (C=O) groups is 2. The standard InChI is InChI=1S/C18H22ClF3N4O2/c1-12(27)26-4-2-3-13(11-26)17(28)25-7-5-24(6-8-25)16-15(19)9-14(10-23-16)18(20,21)22/h9-10,13H,2-8,11H2,1H3/p+1/t13-/m1/s1. The Morgan fingerprint density at radius 1 is 1.14 bits per heavy atom.